The van der Waals surface area contributed by atoms with Crippen LogP contribution >= 0.6 is 0 Å². The first kappa shape index (κ1) is 17.8. The van der Waals surface area contributed by atoms with Gasteiger partial charge in [0, 0.05) is 49.0 Å². The van der Waals surface area contributed by atoms with Crippen molar-refractivity contribution in [3.05, 3.63) is 71.4 Å². The summed E-state index contributed by atoms with van der Waals surface area (Å²) in [5, 5.41) is 7.56. The fourth-order valence-electron chi connectivity index (χ4n) is 3.90. The highest BCUT2D eigenvalue weighted by molar-refractivity contribution is 5.64. The van der Waals surface area contributed by atoms with Gasteiger partial charge in [0.25, 0.3) is 0 Å². The van der Waals surface area contributed by atoms with E-state index in [9.17, 15) is 0 Å². The second kappa shape index (κ2) is 7.57. The fraction of sp³-hybridized carbons (Fsp3) is 0.348. The third kappa shape index (κ3) is 3.76. The molecule has 0 bridgehead atoms. The molecule has 0 saturated carbocycles. The lowest BCUT2D eigenvalue weighted by molar-refractivity contribution is 0.181. The molecule has 1 fully saturated rings. The number of H-pyrrole nitrogens is 1. The minimum Gasteiger partial charge on any atom is -0.369 e. The highest BCUT2D eigenvalue weighted by Crippen LogP contribution is 2.26. The number of hydrogen-bond donors (Lipinski definition) is 1. The second-order valence-corrected chi connectivity index (χ2v) is 7.67. The molecule has 2 heterocycles. The predicted molar refractivity (Wildman–Crippen MR) is 112 cm³/mol. The Morgan fingerprint density at radius 1 is 1.04 bits per heavy atom. The topological polar surface area (TPSA) is 35.2 Å². The van der Waals surface area contributed by atoms with Gasteiger partial charge in [-0.25, -0.2) is 0 Å². The van der Waals surface area contributed by atoms with Gasteiger partial charge in [-0.15, -0.1) is 0 Å². The van der Waals surface area contributed by atoms with Crippen molar-refractivity contribution in [1.82, 2.24) is 15.1 Å². The van der Waals surface area contributed by atoms with Crippen molar-refractivity contribution in [1.29, 1.82) is 0 Å². The maximum Gasteiger partial charge on any atom is 0.0695 e. The molecule has 1 aliphatic heterocycles. The number of benzene rings is 2. The first-order chi connectivity index (χ1) is 13.1. The first-order valence-electron chi connectivity index (χ1n) is 9.76. The molecule has 1 saturated heterocycles. The normalized spacial score (nSPS) is 18.0. The summed E-state index contributed by atoms with van der Waals surface area (Å²) in [6.45, 7) is 10.8. The number of piperazine rings is 1. The van der Waals surface area contributed by atoms with Gasteiger partial charge < -0.3 is 4.90 Å². The monoisotopic (exact) mass is 360 g/mol. The number of anilines is 1. The van der Waals surface area contributed by atoms with E-state index in [1.807, 2.05) is 6.20 Å². The average Bonchev–Trinajstić information content (AvgIpc) is 3.14. The van der Waals surface area contributed by atoms with Crippen molar-refractivity contribution in [2.75, 3.05) is 24.5 Å². The van der Waals surface area contributed by atoms with Crippen LogP contribution in [0.25, 0.3) is 11.3 Å². The lowest BCUT2D eigenvalue weighted by atomic mass is 10.0. The van der Waals surface area contributed by atoms with Gasteiger partial charge in [-0.3, -0.25) is 10.00 Å². The Kier molecular flexibility index (Phi) is 4.99. The minimum absolute atomic E-state index is 0.501. The van der Waals surface area contributed by atoms with E-state index < -0.39 is 0 Å². The standard InChI is InChI=1S/C23H28N4/c1-17-9-10-20(13-18(17)2)23-21(14-24-25-23)16-26-11-12-27(15-19(26)3)22-7-5-4-6-8-22/h4-10,13-14,19H,11-12,15-16H2,1-3H3,(H,24,25)/t19-/m0/s1. The number of hydrogen-bond acceptors (Lipinski definition) is 3. The van der Waals surface area contributed by atoms with Crippen LogP contribution in [0.4, 0.5) is 5.69 Å². The molecule has 1 N–H and O–H groups in total. The smallest absolute Gasteiger partial charge is 0.0695 e. The molecule has 27 heavy (non-hydrogen) atoms. The van der Waals surface area contributed by atoms with Gasteiger partial charge in [0.15, 0.2) is 0 Å². The SMILES string of the molecule is Cc1ccc(-c2[nH]ncc2CN2CCN(c3ccccc3)C[C@@H]2C)cc1C. The number of rotatable bonds is 4. The summed E-state index contributed by atoms with van der Waals surface area (Å²) in [5.41, 5.74) is 7.61. The molecule has 4 rings (SSSR count). The summed E-state index contributed by atoms with van der Waals surface area (Å²) >= 11 is 0. The summed E-state index contributed by atoms with van der Waals surface area (Å²) in [6, 6.07) is 17.9. The zero-order chi connectivity index (χ0) is 18.8. The van der Waals surface area contributed by atoms with Crippen molar-refractivity contribution in [2.45, 2.75) is 33.4 Å². The molecule has 0 amide bonds. The lowest BCUT2D eigenvalue weighted by Crippen LogP contribution is -2.51. The Labute approximate surface area is 161 Å². The summed E-state index contributed by atoms with van der Waals surface area (Å²) in [5.74, 6) is 0. The number of aryl methyl sites for hydroxylation is 2. The largest absolute Gasteiger partial charge is 0.369 e. The van der Waals surface area contributed by atoms with Gasteiger partial charge >= 0.3 is 0 Å². The molecule has 1 aromatic heterocycles. The molecule has 140 valence electrons. The Hall–Kier alpha value is -2.59. The quantitative estimate of drug-likeness (QED) is 0.749. The van der Waals surface area contributed by atoms with Crippen LogP contribution < -0.4 is 4.90 Å². The van der Waals surface area contributed by atoms with Crippen LogP contribution in [-0.4, -0.2) is 40.8 Å². The van der Waals surface area contributed by atoms with Crippen LogP contribution in [0.5, 0.6) is 0 Å². The Balaban J connectivity index is 1.48. The number of aromatic amines is 1. The van der Waals surface area contributed by atoms with Crippen molar-refractivity contribution in [2.24, 2.45) is 0 Å². The van der Waals surface area contributed by atoms with Gasteiger partial charge in [-0.1, -0.05) is 30.3 Å². The van der Waals surface area contributed by atoms with Gasteiger partial charge in [-0.05, 0) is 50.1 Å². The summed E-state index contributed by atoms with van der Waals surface area (Å²) in [4.78, 5) is 5.05. The van der Waals surface area contributed by atoms with E-state index in [-0.39, 0.29) is 0 Å². The highest BCUT2D eigenvalue weighted by atomic mass is 15.3. The molecule has 0 aliphatic carbocycles. The van der Waals surface area contributed by atoms with Crippen molar-refractivity contribution >= 4 is 5.69 Å². The fourth-order valence-corrected chi connectivity index (χ4v) is 3.90. The zero-order valence-corrected chi connectivity index (χ0v) is 16.4. The average molecular weight is 361 g/mol. The molecule has 0 radical (unpaired) electrons. The van der Waals surface area contributed by atoms with Crippen LogP contribution in [0, 0.1) is 13.8 Å². The lowest BCUT2D eigenvalue weighted by Gasteiger charge is -2.41. The minimum atomic E-state index is 0.501. The van der Waals surface area contributed by atoms with Crippen molar-refractivity contribution in [3.63, 3.8) is 0 Å². The van der Waals surface area contributed by atoms with E-state index in [1.165, 1.54) is 27.9 Å². The molecule has 4 nitrogen and oxygen atoms in total. The summed E-state index contributed by atoms with van der Waals surface area (Å²) < 4.78 is 0. The molecule has 3 aromatic rings. The molecule has 2 aromatic carbocycles. The Bertz CT molecular complexity index is 900. The maximum atomic E-state index is 4.34. The third-order valence-electron chi connectivity index (χ3n) is 5.77. The Morgan fingerprint density at radius 2 is 1.85 bits per heavy atom. The van der Waals surface area contributed by atoms with E-state index in [4.69, 9.17) is 0 Å². The summed E-state index contributed by atoms with van der Waals surface area (Å²) in [7, 11) is 0. The van der Waals surface area contributed by atoms with Gasteiger partial charge in [-0.2, -0.15) is 5.10 Å². The van der Waals surface area contributed by atoms with Crippen LogP contribution in [0.3, 0.4) is 0 Å². The molecule has 1 aliphatic rings. The van der Waals surface area contributed by atoms with Crippen LogP contribution in [0.1, 0.15) is 23.6 Å². The van der Waals surface area contributed by atoms with Gasteiger partial charge in [0.2, 0.25) is 0 Å². The van der Waals surface area contributed by atoms with Crippen LogP contribution in [0.2, 0.25) is 0 Å². The summed E-state index contributed by atoms with van der Waals surface area (Å²) in [6.07, 6.45) is 1.99. The number of nitrogens with one attached hydrogen (secondary N) is 1. The molecule has 0 spiro atoms. The predicted octanol–water partition coefficient (Wildman–Crippen LogP) is 4.40. The number of nitrogens with zero attached hydrogens (tertiary/aromatic N) is 3. The Morgan fingerprint density at radius 3 is 2.59 bits per heavy atom. The molecule has 4 heteroatoms. The highest BCUT2D eigenvalue weighted by Gasteiger charge is 2.25. The first-order valence-corrected chi connectivity index (χ1v) is 9.76. The maximum absolute atomic E-state index is 4.34. The van der Waals surface area contributed by atoms with Gasteiger partial charge in [0.1, 0.15) is 0 Å². The van der Waals surface area contributed by atoms with E-state index in [0.29, 0.717) is 6.04 Å². The van der Waals surface area contributed by atoms with E-state index >= 15 is 0 Å². The number of para-hydroxylation sites is 1. The van der Waals surface area contributed by atoms with E-state index in [0.717, 1.165) is 31.9 Å². The van der Waals surface area contributed by atoms with E-state index in [1.54, 1.807) is 0 Å². The van der Waals surface area contributed by atoms with Crippen LogP contribution in [-0.2, 0) is 6.54 Å². The van der Waals surface area contributed by atoms with Crippen LogP contribution in [0.15, 0.2) is 54.7 Å². The molecular weight excluding hydrogens is 332 g/mol. The third-order valence-corrected chi connectivity index (χ3v) is 5.77. The van der Waals surface area contributed by atoms with E-state index in [2.05, 4.69) is 89.3 Å². The second-order valence-electron chi connectivity index (χ2n) is 7.67. The van der Waals surface area contributed by atoms with Gasteiger partial charge in [0.05, 0.1) is 11.9 Å². The molecule has 1 atom stereocenters. The number of aromatic nitrogens is 2. The van der Waals surface area contributed by atoms with Crippen molar-refractivity contribution < 1.29 is 0 Å². The zero-order valence-electron chi connectivity index (χ0n) is 16.4. The molecular formula is C23H28N4. The molecule has 0 unspecified atom stereocenters. The van der Waals surface area contributed by atoms with Crippen molar-refractivity contribution in [3.8, 4) is 11.3 Å².